The summed E-state index contributed by atoms with van der Waals surface area (Å²) >= 11 is 1.59. The molecule has 0 radical (unpaired) electrons. The molecule has 4 aromatic heterocycles. The molecule has 5 fully saturated rings. The Labute approximate surface area is 487 Å². The van der Waals surface area contributed by atoms with Gasteiger partial charge in [-0.25, -0.2) is 9.78 Å². The van der Waals surface area contributed by atoms with Crippen molar-refractivity contribution in [3.05, 3.63) is 107 Å². The number of aliphatic hydroxyl groups is 1. The lowest BCUT2D eigenvalue weighted by Crippen LogP contribution is -2.57. The van der Waals surface area contributed by atoms with Gasteiger partial charge in [0, 0.05) is 61.4 Å². The molecule has 13 rings (SSSR count). The van der Waals surface area contributed by atoms with Crippen LogP contribution in [-0.4, -0.2) is 144 Å². The van der Waals surface area contributed by atoms with Crippen LogP contribution < -0.4 is 19.7 Å². The van der Waals surface area contributed by atoms with E-state index >= 15 is 0 Å². The van der Waals surface area contributed by atoms with E-state index in [1.54, 1.807) is 17.4 Å². The Bertz CT molecular complexity index is 3620. The maximum atomic E-state index is 14.6. The zero-order valence-corrected chi connectivity index (χ0v) is 49.4. The van der Waals surface area contributed by atoms with Crippen LogP contribution in [0.4, 0.5) is 10.6 Å². The van der Waals surface area contributed by atoms with Crippen molar-refractivity contribution in [2.24, 2.45) is 5.92 Å². The highest BCUT2D eigenvalue weighted by Gasteiger charge is 2.51. The quantitative estimate of drug-likeness (QED) is 0.104. The highest BCUT2D eigenvalue weighted by molar-refractivity contribution is 7.13. The number of fused-ring (bicyclic) bond motifs is 7. The summed E-state index contributed by atoms with van der Waals surface area (Å²) in [5.41, 5.74) is 9.10. The number of hydrogen-bond donors (Lipinski definition) is 2. The van der Waals surface area contributed by atoms with Gasteiger partial charge in [-0.15, -0.1) is 11.3 Å². The van der Waals surface area contributed by atoms with Crippen molar-refractivity contribution < 1.29 is 38.2 Å². The Morgan fingerprint density at radius 1 is 0.940 bits per heavy atom. The van der Waals surface area contributed by atoms with Crippen LogP contribution >= 0.6 is 11.3 Å². The molecule has 6 aliphatic rings. The van der Waals surface area contributed by atoms with Gasteiger partial charge in [0.1, 0.15) is 36.6 Å². The third kappa shape index (κ3) is 10.0. The van der Waals surface area contributed by atoms with Gasteiger partial charge in [-0.05, 0) is 118 Å². The molecule has 2 bridgehead atoms. The number of nitrogens with zero attached hydrogens (tertiary/aromatic N) is 9. The molecule has 5 saturated heterocycles. The first-order chi connectivity index (χ1) is 39.9. The van der Waals surface area contributed by atoms with Gasteiger partial charge in [0.05, 0.1) is 62.4 Å². The van der Waals surface area contributed by atoms with Crippen LogP contribution in [0.15, 0.2) is 83.0 Å². The Balaban J connectivity index is 0.705. The van der Waals surface area contributed by atoms with E-state index in [4.69, 9.17) is 33.7 Å². The summed E-state index contributed by atoms with van der Waals surface area (Å²) in [6, 6.07) is 21.9. The van der Waals surface area contributed by atoms with Crippen molar-refractivity contribution in [3.63, 3.8) is 0 Å². The number of nitrogens with one attached hydrogen (secondary N) is 1. The van der Waals surface area contributed by atoms with Crippen LogP contribution in [0.3, 0.4) is 0 Å². The Kier molecular flexibility index (Phi) is 14.2. The van der Waals surface area contributed by atoms with Crippen molar-refractivity contribution in [2.75, 3.05) is 44.3 Å². The molecular weight excluding hydrogens is 1070 g/mol. The number of rotatable bonds is 14. The number of aliphatic hydroxyl groups excluding tert-OH is 1. The molecule has 0 saturated carbocycles. The molecule has 2 N–H and O–H groups in total. The third-order valence-corrected chi connectivity index (χ3v) is 19.5. The summed E-state index contributed by atoms with van der Waals surface area (Å²) in [6.45, 7) is 18.6. The minimum absolute atomic E-state index is 0.00161. The topological polar surface area (TPSA) is 202 Å². The van der Waals surface area contributed by atoms with E-state index < -0.39 is 23.7 Å². The van der Waals surface area contributed by atoms with Crippen molar-refractivity contribution in [3.8, 4) is 33.6 Å². The van der Waals surface area contributed by atoms with E-state index in [0.29, 0.717) is 38.1 Å². The maximum absolute atomic E-state index is 14.6. The minimum Gasteiger partial charge on any atom is -0.474 e. The van der Waals surface area contributed by atoms with Gasteiger partial charge in [0.15, 0.2) is 5.76 Å². The van der Waals surface area contributed by atoms with Crippen LogP contribution in [0, 0.1) is 12.8 Å². The van der Waals surface area contributed by atoms with E-state index in [9.17, 15) is 19.5 Å². The van der Waals surface area contributed by atoms with Crippen LogP contribution in [0.2, 0.25) is 0 Å². The van der Waals surface area contributed by atoms with Crippen molar-refractivity contribution in [2.45, 2.75) is 160 Å². The van der Waals surface area contributed by atoms with Gasteiger partial charge in [-0.1, -0.05) is 81.4 Å². The van der Waals surface area contributed by atoms with E-state index in [0.717, 1.165) is 100 Å². The molecule has 9 atom stereocenters. The molecule has 18 nitrogen and oxygen atoms in total. The molecule has 83 heavy (non-hydrogen) atoms. The second-order valence-electron chi connectivity index (χ2n) is 25.4. The fourth-order valence-electron chi connectivity index (χ4n) is 14.5. The molecule has 3 unspecified atom stereocenters. The predicted molar refractivity (Wildman–Crippen MR) is 317 cm³/mol. The number of piperazine rings is 1. The van der Waals surface area contributed by atoms with Crippen LogP contribution in [-0.2, 0) is 14.3 Å². The molecule has 7 aromatic rings. The van der Waals surface area contributed by atoms with Gasteiger partial charge in [0.25, 0.3) is 5.88 Å². The number of aryl methyl sites for hydroxylation is 1. The summed E-state index contributed by atoms with van der Waals surface area (Å²) in [4.78, 5) is 71.7. The Hall–Kier alpha value is -7.22. The predicted octanol–water partition coefficient (Wildman–Crippen LogP) is 10.4. The highest BCUT2D eigenvalue weighted by atomic mass is 32.1. The van der Waals surface area contributed by atoms with Crippen molar-refractivity contribution in [1.82, 2.24) is 45.1 Å². The van der Waals surface area contributed by atoms with Crippen LogP contribution in [0.1, 0.15) is 139 Å². The molecule has 19 heteroatoms. The lowest BCUT2D eigenvalue weighted by Gasteiger charge is -2.42. The minimum atomic E-state index is -0.857. The fourth-order valence-corrected chi connectivity index (χ4v) is 15.4. The van der Waals surface area contributed by atoms with E-state index in [-0.39, 0.29) is 78.3 Å². The van der Waals surface area contributed by atoms with E-state index in [1.165, 1.54) is 21.2 Å². The third-order valence-electron chi connectivity index (χ3n) is 18.5. The average Bonchev–Trinajstić information content (AvgIpc) is 2.69. The van der Waals surface area contributed by atoms with Gasteiger partial charge < -0.3 is 39.0 Å². The lowest BCUT2D eigenvalue weighted by molar-refractivity contribution is -0.141. The Morgan fingerprint density at radius 2 is 1.71 bits per heavy atom. The van der Waals surface area contributed by atoms with Gasteiger partial charge >= 0.3 is 12.1 Å². The molecule has 9 heterocycles. The smallest absolute Gasteiger partial charge is 0.410 e. The standard InChI is InChI=1S/C64H74N10O8S/c1-35(2)52(60(77)72-31-45(75)26-49(72)59(76)67-37(4)39-16-18-41(19-17-39)57-38(5)66-34-83-57)50-27-51(70-82-50)79-32-44-22-24-64(23-11-25-73(44)64)33-80-61-68-56-48(28-65-55-47-15-10-13-40-12-9-14-46(54(40)47)36(3)53(55)56)58(69-61)71-29-42-20-21-43(30-71)74(42)62(78)81-63(6,7)8/h9-10,12-19,27-28,34-37,42-45,49,52,75H,11,20-26,29-33H2,1-8H3,(H,67,76)/t36?,37-,42?,43?,44-,45+,49-,52-,64-/m0/s1. The second kappa shape index (κ2) is 21.4. The maximum Gasteiger partial charge on any atom is 0.410 e. The van der Waals surface area contributed by atoms with E-state index in [1.807, 2.05) is 89.3 Å². The molecular formula is C64H74N10O8S. The molecule has 3 amide bonds. The first-order valence-electron chi connectivity index (χ1n) is 29.7. The number of carbonyl (C=O) groups is 3. The summed E-state index contributed by atoms with van der Waals surface area (Å²) in [7, 11) is 0. The number of pyridine rings is 1. The molecule has 3 aromatic carbocycles. The molecule has 5 aliphatic heterocycles. The fraction of sp³-hybridized carbons (Fsp3) is 0.500. The number of likely N-dealkylation sites (tertiary alicyclic amines) is 1. The number of thiazole rings is 1. The zero-order chi connectivity index (χ0) is 57.6. The molecule has 434 valence electrons. The number of benzene rings is 3. The number of anilines is 1. The van der Waals surface area contributed by atoms with Crippen molar-refractivity contribution in [1.29, 1.82) is 0 Å². The molecule has 1 aliphatic carbocycles. The number of carbonyl (C=O) groups excluding carboxylic acids is 3. The largest absolute Gasteiger partial charge is 0.474 e. The lowest BCUT2D eigenvalue weighted by atomic mass is 9.79. The monoisotopic (exact) mass is 1140 g/mol. The number of ether oxygens (including phenoxy) is 3. The second-order valence-corrected chi connectivity index (χ2v) is 26.2. The van der Waals surface area contributed by atoms with Gasteiger partial charge in [0.2, 0.25) is 11.8 Å². The van der Waals surface area contributed by atoms with Crippen LogP contribution in [0.25, 0.3) is 43.4 Å². The summed E-state index contributed by atoms with van der Waals surface area (Å²) in [6.07, 6.45) is 6.47. The average molecular weight is 1140 g/mol. The van der Waals surface area contributed by atoms with Crippen molar-refractivity contribution >= 4 is 56.7 Å². The van der Waals surface area contributed by atoms with Gasteiger partial charge in [-0.3, -0.25) is 24.4 Å². The molecule has 0 spiro atoms. The summed E-state index contributed by atoms with van der Waals surface area (Å²) in [5, 5.41) is 21.6. The highest BCUT2D eigenvalue weighted by Crippen LogP contribution is 2.49. The number of amides is 3. The number of hydrogen-bond acceptors (Lipinski definition) is 16. The normalized spacial score (nSPS) is 24.6. The van der Waals surface area contributed by atoms with E-state index in [2.05, 4.69) is 68.6 Å². The first-order valence-corrected chi connectivity index (χ1v) is 30.6. The SMILES string of the molecule is Cc1ncsc1-c1ccc([C@H](C)NC(=O)[C@@H]2C[C@@H](O)CN2C(=O)[C@H](c2cc(OC[C@@H]3CC[C@]4(COc5nc(N6CC7CCC(C6)N7C(=O)OC(C)(C)C)c6cnc7c(c6n5)C(C)c5cccc6cccc-7c56)CCCN34)no2)C(C)C)cc1. The summed E-state index contributed by atoms with van der Waals surface area (Å²) < 4.78 is 25.2. The number of aromatic nitrogens is 5. The Morgan fingerprint density at radius 3 is 2.45 bits per heavy atom. The van der Waals surface area contributed by atoms with Crippen LogP contribution in [0.5, 0.6) is 11.9 Å². The van der Waals surface area contributed by atoms with Gasteiger partial charge in [-0.2, -0.15) is 9.97 Å². The first kappa shape index (κ1) is 55.0. The summed E-state index contributed by atoms with van der Waals surface area (Å²) in [5.74, 6) is -0.200. The zero-order valence-electron chi connectivity index (χ0n) is 48.6. The number of β-amino-alcohol motifs (C(OH)–C–C–N with tert-alkyl or cyclic N) is 1.